The van der Waals surface area contributed by atoms with Crippen LogP contribution in [0.4, 0.5) is 11.4 Å². The van der Waals surface area contributed by atoms with Crippen LogP contribution in [0.5, 0.6) is 11.5 Å². The molecule has 0 aliphatic heterocycles. The molecule has 34 heavy (non-hydrogen) atoms. The Morgan fingerprint density at radius 1 is 0.853 bits per heavy atom. The standard InChI is InChI=1S/C22H16N4O8/c1-33-19-8-4-15(5-9-19)21(27)24-23-13-14-2-6-20(7-3-14)34-22(28)16-10-17(25(29)30)12-18(11-16)26(31)32/h2-13H,1H3,(H,24,27)/b23-13-. The van der Waals surface area contributed by atoms with Gasteiger partial charge in [-0.3, -0.25) is 25.0 Å². The van der Waals surface area contributed by atoms with Crippen LogP contribution in [0.3, 0.4) is 0 Å². The molecular formula is C22H16N4O8. The van der Waals surface area contributed by atoms with Gasteiger partial charge in [0.15, 0.2) is 0 Å². The maximum absolute atomic E-state index is 12.3. The first kappa shape index (κ1) is 23.5. The number of hydrogen-bond acceptors (Lipinski definition) is 9. The molecule has 12 nitrogen and oxygen atoms in total. The molecule has 172 valence electrons. The second-order valence-corrected chi connectivity index (χ2v) is 6.64. The van der Waals surface area contributed by atoms with Gasteiger partial charge in [-0.15, -0.1) is 0 Å². The van der Waals surface area contributed by atoms with E-state index in [0.717, 1.165) is 18.2 Å². The van der Waals surface area contributed by atoms with Crippen molar-refractivity contribution in [3.05, 3.63) is 104 Å². The average Bonchev–Trinajstić information content (AvgIpc) is 2.84. The molecule has 0 aliphatic carbocycles. The molecule has 3 aromatic rings. The number of carbonyl (C=O) groups is 2. The number of benzene rings is 3. The molecule has 0 aliphatic rings. The van der Waals surface area contributed by atoms with E-state index in [1.54, 1.807) is 36.4 Å². The number of carbonyl (C=O) groups excluding carboxylic acids is 2. The Hall–Kier alpha value is -5.13. The number of nitrogens with one attached hydrogen (secondary N) is 1. The zero-order valence-electron chi connectivity index (χ0n) is 17.5. The lowest BCUT2D eigenvalue weighted by Crippen LogP contribution is -2.17. The Morgan fingerprint density at radius 3 is 1.94 bits per heavy atom. The minimum Gasteiger partial charge on any atom is -0.497 e. The van der Waals surface area contributed by atoms with Gasteiger partial charge in [0, 0.05) is 17.7 Å². The van der Waals surface area contributed by atoms with Crippen molar-refractivity contribution in [1.29, 1.82) is 0 Å². The Balaban J connectivity index is 1.63. The number of methoxy groups -OCH3 is 1. The van der Waals surface area contributed by atoms with E-state index in [-0.39, 0.29) is 11.3 Å². The average molecular weight is 464 g/mol. The van der Waals surface area contributed by atoms with Crippen LogP contribution in [-0.4, -0.2) is 35.0 Å². The van der Waals surface area contributed by atoms with Gasteiger partial charge in [0.2, 0.25) is 0 Å². The molecule has 0 unspecified atom stereocenters. The van der Waals surface area contributed by atoms with Crippen molar-refractivity contribution >= 4 is 29.5 Å². The minimum atomic E-state index is -1.00. The predicted octanol–water partition coefficient (Wildman–Crippen LogP) is 3.49. The van der Waals surface area contributed by atoms with Gasteiger partial charge in [0.1, 0.15) is 11.5 Å². The summed E-state index contributed by atoms with van der Waals surface area (Å²) < 4.78 is 10.2. The molecule has 0 aromatic heterocycles. The number of nitrogens with zero attached hydrogens (tertiary/aromatic N) is 3. The van der Waals surface area contributed by atoms with E-state index in [4.69, 9.17) is 9.47 Å². The Bertz CT molecular complexity index is 1240. The van der Waals surface area contributed by atoms with Gasteiger partial charge in [-0.1, -0.05) is 0 Å². The highest BCUT2D eigenvalue weighted by Gasteiger charge is 2.21. The van der Waals surface area contributed by atoms with Crippen molar-refractivity contribution in [1.82, 2.24) is 5.43 Å². The number of amides is 1. The van der Waals surface area contributed by atoms with Crippen LogP contribution in [0.2, 0.25) is 0 Å². The fourth-order valence-corrected chi connectivity index (χ4v) is 2.68. The predicted molar refractivity (Wildman–Crippen MR) is 119 cm³/mol. The topological polar surface area (TPSA) is 163 Å². The lowest BCUT2D eigenvalue weighted by molar-refractivity contribution is -0.394. The van der Waals surface area contributed by atoms with E-state index in [2.05, 4.69) is 10.5 Å². The summed E-state index contributed by atoms with van der Waals surface area (Å²) in [6.45, 7) is 0. The fraction of sp³-hybridized carbons (Fsp3) is 0.0455. The molecule has 12 heteroatoms. The molecule has 0 spiro atoms. The van der Waals surface area contributed by atoms with Crippen molar-refractivity contribution in [3.8, 4) is 11.5 Å². The highest BCUT2D eigenvalue weighted by atomic mass is 16.6. The van der Waals surface area contributed by atoms with Crippen molar-refractivity contribution in [2.45, 2.75) is 0 Å². The summed E-state index contributed by atoms with van der Waals surface area (Å²) in [6, 6.07) is 14.9. The third-order valence-electron chi connectivity index (χ3n) is 4.38. The molecule has 0 fully saturated rings. The van der Waals surface area contributed by atoms with Gasteiger partial charge in [-0.25, -0.2) is 10.2 Å². The number of nitro benzene ring substituents is 2. The van der Waals surface area contributed by atoms with Gasteiger partial charge in [-0.05, 0) is 54.1 Å². The van der Waals surface area contributed by atoms with Crippen LogP contribution in [-0.2, 0) is 0 Å². The lowest BCUT2D eigenvalue weighted by Gasteiger charge is -2.05. The summed E-state index contributed by atoms with van der Waals surface area (Å²) in [7, 11) is 1.52. The van der Waals surface area contributed by atoms with E-state index in [9.17, 15) is 29.8 Å². The molecule has 1 amide bonds. The van der Waals surface area contributed by atoms with E-state index >= 15 is 0 Å². The second-order valence-electron chi connectivity index (χ2n) is 6.64. The van der Waals surface area contributed by atoms with Crippen LogP contribution in [0.25, 0.3) is 0 Å². The summed E-state index contributed by atoms with van der Waals surface area (Å²) in [6.07, 6.45) is 1.37. The summed E-state index contributed by atoms with van der Waals surface area (Å²) >= 11 is 0. The zero-order valence-corrected chi connectivity index (χ0v) is 17.5. The Morgan fingerprint density at radius 2 is 1.41 bits per heavy atom. The number of non-ortho nitro benzene ring substituents is 2. The molecule has 0 saturated heterocycles. The van der Waals surface area contributed by atoms with Crippen LogP contribution < -0.4 is 14.9 Å². The van der Waals surface area contributed by atoms with Crippen molar-refractivity contribution in [3.63, 3.8) is 0 Å². The normalized spacial score (nSPS) is 10.5. The molecule has 3 aromatic carbocycles. The zero-order chi connectivity index (χ0) is 24.7. The number of rotatable bonds is 8. The number of hydrazone groups is 1. The summed E-state index contributed by atoms with van der Waals surface area (Å²) in [4.78, 5) is 44.6. The van der Waals surface area contributed by atoms with Gasteiger partial charge in [-0.2, -0.15) is 5.10 Å². The van der Waals surface area contributed by atoms with Crippen molar-refractivity contribution in [2.75, 3.05) is 7.11 Å². The van der Waals surface area contributed by atoms with Crippen molar-refractivity contribution < 1.29 is 28.9 Å². The van der Waals surface area contributed by atoms with Crippen molar-refractivity contribution in [2.24, 2.45) is 5.10 Å². The first-order chi connectivity index (χ1) is 16.3. The minimum absolute atomic E-state index is 0.0959. The van der Waals surface area contributed by atoms with Gasteiger partial charge in [0.25, 0.3) is 17.3 Å². The number of ether oxygens (including phenoxy) is 2. The molecule has 1 N–H and O–H groups in total. The number of nitro groups is 2. The van der Waals surface area contributed by atoms with Gasteiger partial charge in [0.05, 0.1) is 34.8 Å². The molecule has 0 atom stereocenters. The molecule has 3 rings (SSSR count). The smallest absolute Gasteiger partial charge is 0.344 e. The van der Waals surface area contributed by atoms with Gasteiger partial charge >= 0.3 is 5.97 Å². The summed E-state index contributed by atoms with van der Waals surface area (Å²) in [5.41, 5.74) is 1.78. The van der Waals surface area contributed by atoms with Crippen LogP contribution in [0.1, 0.15) is 26.3 Å². The first-order valence-corrected chi connectivity index (χ1v) is 9.50. The second kappa shape index (κ2) is 10.5. The molecule has 0 heterocycles. The quantitative estimate of drug-likeness (QED) is 0.174. The largest absolute Gasteiger partial charge is 0.497 e. The van der Waals surface area contributed by atoms with E-state index < -0.39 is 33.1 Å². The fourth-order valence-electron chi connectivity index (χ4n) is 2.68. The third-order valence-corrected chi connectivity index (χ3v) is 4.38. The van der Waals surface area contributed by atoms with Crippen LogP contribution in [0.15, 0.2) is 71.8 Å². The molecule has 0 saturated carbocycles. The highest BCUT2D eigenvalue weighted by Crippen LogP contribution is 2.24. The lowest BCUT2D eigenvalue weighted by atomic mass is 10.1. The summed E-state index contributed by atoms with van der Waals surface area (Å²) in [5, 5.41) is 25.8. The highest BCUT2D eigenvalue weighted by molar-refractivity contribution is 5.95. The molecule has 0 bridgehead atoms. The van der Waals surface area contributed by atoms with E-state index in [1.807, 2.05) is 0 Å². The van der Waals surface area contributed by atoms with E-state index in [0.29, 0.717) is 16.9 Å². The Labute approximate surface area is 191 Å². The van der Waals surface area contributed by atoms with Crippen LogP contribution >= 0.6 is 0 Å². The van der Waals surface area contributed by atoms with E-state index in [1.165, 1.54) is 25.5 Å². The SMILES string of the molecule is COc1ccc(C(=O)N/N=C\c2ccc(OC(=O)c3cc([N+](=O)[O-])cc([N+](=O)[O-])c3)cc2)cc1. The Kier molecular flexibility index (Phi) is 7.24. The van der Waals surface area contributed by atoms with Gasteiger partial charge < -0.3 is 9.47 Å². The monoisotopic (exact) mass is 464 g/mol. The molecule has 0 radical (unpaired) electrons. The first-order valence-electron chi connectivity index (χ1n) is 9.50. The molecular weight excluding hydrogens is 448 g/mol. The maximum atomic E-state index is 12.3. The number of esters is 1. The third kappa shape index (κ3) is 5.97. The van der Waals surface area contributed by atoms with Crippen LogP contribution in [0, 0.1) is 20.2 Å². The number of hydrogen-bond donors (Lipinski definition) is 1. The summed E-state index contributed by atoms with van der Waals surface area (Å²) in [5.74, 6) is -0.710. The maximum Gasteiger partial charge on any atom is 0.344 e.